The normalized spacial score (nSPS) is 10.9. The first-order chi connectivity index (χ1) is 12.5. The molecule has 0 bridgehead atoms. The molecule has 1 amide bonds. The lowest BCUT2D eigenvalue weighted by atomic mass is 10.3. The maximum absolute atomic E-state index is 11.2. The fraction of sp³-hybridized carbons (Fsp3) is 0.278. The van der Waals surface area contributed by atoms with E-state index in [0.717, 1.165) is 23.3 Å². The minimum atomic E-state index is -0.128. The van der Waals surface area contributed by atoms with Crippen molar-refractivity contribution < 1.29 is 9.53 Å². The number of thiophene rings is 1. The van der Waals surface area contributed by atoms with Crippen LogP contribution in [-0.4, -0.2) is 48.0 Å². The van der Waals surface area contributed by atoms with E-state index in [1.807, 2.05) is 43.7 Å². The van der Waals surface area contributed by atoms with Crippen LogP contribution in [0.1, 0.15) is 6.92 Å². The molecule has 0 fully saturated rings. The first kappa shape index (κ1) is 18.1. The number of hydrogen-bond acceptors (Lipinski definition) is 7. The smallest absolute Gasteiger partial charge is 0.242 e. The monoisotopic (exact) mass is 371 g/mol. The molecule has 0 aliphatic rings. The zero-order valence-corrected chi connectivity index (χ0v) is 15.8. The van der Waals surface area contributed by atoms with E-state index in [1.165, 1.54) is 18.3 Å². The molecular weight excluding hydrogens is 350 g/mol. The summed E-state index contributed by atoms with van der Waals surface area (Å²) in [4.78, 5) is 22.4. The Labute approximate surface area is 156 Å². The Bertz CT molecular complexity index is 909. The number of anilines is 2. The first-order valence-corrected chi connectivity index (χ1v) is 9.08. The number of likely N-dealkylation sites (N-methyl/N-ethyl adjacent to an activating group) is 1. The summed E-state index contributed by atoms with van der Waals surface area (Å²) in [5.74, 6) is 1.50. The standard InChI is InChI=1S/C18H21N5O2S/c1-12(24)20-13-5-4-6-14(11-13)25-17-16-15(7-10-26-16)21-18(22-17)19-8-9-23(2)3/h4-7,10-11H,8-9H2,1-3H3,(H,20,24)(H,19,21,22). The van der Waals surface area contributed by atoms with Crippen LogP contribution >= 0.6 is 11.3 Å². The quantitative estimate of drug-likeness (QED) is 0.662. The first-order valence-electron chi connectivity index (χ1n) is 8.20. The molecule has 26 heavy (non-hydrogen) atoms. The highest BCUT2D eigenvalue weighted by molar-refractivity contribution is 7.17. The number of ether oxygens (including phenoxy) is 1. The molecule has 0 unspecified atom stereocenters. The lowest BCUT2D eigenvalue weighted by molar-refractivity contribution is -0.114. The molecule has 2 heterocycles. The van der Waals surface area contributed by atoms with Crippen LogP contribution in [0.2, 0.25) is 0 Å². The van der Waals surface area contributed by atoms with E-state index in [0.29, 0.717) is 23.3 Å². The van der Waals surface area contributed by atoms with Crippen LogP contribution in [0, 0.1) is 0 Å². The number of hydrogen-bond donors (Lipinski definition) is 2. The number of aromatic nitrogens is 2. The molecule has 136 valence electrons. The molecular formula is C18H21N5O2S. The molecule has 8 heteroatoms. The van der Waals surface area contributed by atoms with Crippen molar-refractivity contribution in [1.82, 2.24) is 14.9 Å². The topological polar surface area (TPSA) is 79.4 Å². The number of benzene rings is 1. The average Bonchev–Trinajstić information content (AvgIpc) is 3.03. The van der Waals surface area contributed by atoms with E-state index >= 15 is 0 Å². The Morgan fingerprint density at radius 3 is 2.88 bits per heavy atom. The van der Waals surface area contributed by atoms with Gasteiger partial charge in [0.2, 0.25) is 17.7 Å². The third-order valence-electron chi connectivity index (χ3n) is 3.48. The van der Waals surface area contributed by atoms with Crippen LogP contribution in [-0.2, 0) is 4.79 Å². The van der Waals surface area contributed by atoms with Gasteiger partial charge >= 0.3 is 0 Å². The van der Waals surface area contributed by atoms with E-state index in [4.69, 9.17) is 4.74 Å². The lowest BCUT2D eigenvalue weighted by Crippen LogP contribution is -2.21. The Morgan fingerprint density at radius 1 is 1.27 bits per heavy atom. The summed E-state index contributed by atoms with van der Waals surface area (Å²) in [7, 11) is 4.03. The molecule has 7 nitrogen and oxygen atoms in total. The number of nitrogens with zero attached hydrogens (tertiary/aromatic N) is 3. The summed E-state index contributed by atoms with van der Waals surface area (Å²) < 4.78 is 6.88. The third-order valence-corrected chi connectivity index (χ3v) is 4.38. The Balaban J connectivity index is 1.84. The van der Waals surface area contributed by atoms with Gasteiger partial charge in [0, 0.05) is 31.8 Å². The molecule has 3 aromatic rings. The van der Waals surface area contributed by atoms with E-state index in [-0.39, 0.29) is 5.91 Å². The van der Waals surface area contributed by atoms with Gasteiger partial charge in [-0.25, -0.2) is 4.98 Å². The van der Waals surface area contributed by atoms with Crippen molar-refractivity contribution in [2.45, 2.75) is 6.92 Å². The zero-order valence-electron chi connectivity index (χ0n) is 14.9. The largest absolute Gasteiger partial charge is 0.437 e. The highest BCUT2D eigenvalue weighted by atomic mass is 32.1. The fourth-order valence-electron chi connectivity index (χ4n) is 2.33. The van der Waals surface area contributed by atoms with Gasteiger partial charge in [-0.15, -0.1) is 11.3 Å². The fourth-order valence-corrected chi connectivity index (χ4v) is 3.08. The lowest BCUT2D eigenvalue weighted by Gasteiger charge is -2.12. The summed E-state index contributed by atoms with van der Waals surface area (Å²) >= 11 is 1.53. The van der Waals surface area contributed by atoms with Crippen LogP contribution in [0.5, 0.6) is 11.6 Å². The highest BCUT2D eigenvalue weighted by Crippen LogP contribution is 2.33. The molecule has 3 rings (SSSR count). The number of carbonyl (C=O) groups is 1. The molecule has 0 radical (unpaired) electrons. The Kier molecular flexibility index (Phi) is 5.65. The van der Waals surface area contributed by atoms with Gasteiger partial charge in [0.1, 0.15) is 10.4 Å². The predicted octanol–water partition coefficient (Wildman–Crippen LogP) is 3.42. The van der Waals surface area contributed by atoms with Crippen LogP contribution in [0.3, 0.4) is 0 Å². The summed E-state index contributed by atoms with van der Waals surface area (Å²) in [6.07, 6.45) is 0. The van der Waals surface area contributed by atoms with Crippen molar-refractivity contribution in [2.24, 2.45) is 0 Å². The van der Waals surface area contributed by atoms with Crippen molar-refractivity contribution in [3.8, 4) is 11.6 Å². The molecule has 2 aromatic heterocycles. The average molecular weight is 371 g/mol. The van der Waals surface area contributed by atoms with Gasteiger partial charge in [-0.1, -0.05) is 6.07 Å². The van der Waals surface area contributed by atoms with Crippen molar-refractivity contribution in [3.05, 3.63) is 35.7 Å². The number of amides is 1. The Hall–Kier alpha value is -2.71. The van der Waals surface area contributed by atoms with Crippen LogP contribution < -0.4 is 15.4 Å². The molecule has 0 atom stereocenters. The minimum Gasteiger partial charge on any atom is -0.437 e. The molecule has 2 N–H and O–H groups in total. The van der Waals surface area contributed by atoms with E-state index in [9.17, 15) is 4.79 Å². The zero-order chi connectivity index (χ0) is 18.5. The van der Waals surface area contributed by atoms with Crippen molar-refractivity contribution >= 4 is 39.1 Å². The van der Waals surface area contributed by atoms with Crippen molar-refractivity contribution in [3.63, 3.8) is 0 Å². The van der Waals surface area contributed by atoms with E-state index in [2.05, 4.69) is 25.5 Å². The second-order valence-corrected chi connectivity index (χ2v) is 6.94. The van der Waals surface area contributed by atoms with Crippen molar-refractivity contribution in [2.75, 3.05) is 37.8 Å². The van der Waals surface area contributed by atoms with Gasteiger partial charge < -0.3 is 20.3 Å². The second kappa shape index (κ2) is 8.11. The summed E-state index contributed by atoms with van der Waals surface area (Å²) in [5.41, 5.74) is 1.51. The molecule has 1 aromatic carbocycles. The molecule has 0 aliphatic heterocycles. The van der Waals surface area contributed by atoms with E-state index < -0.39 is 0 Å². The number of nitrogens with one attached hydrogen (secondary N) is 2. The van der Waals surface area contributed by atoms with Gasteiger partial charge in [0.05, 0.1) is 5.52 Å². The maximum Gasteiger partial charge on any atom is 0.242 e. The predicted molar refractivity (Wildman–Crippen MR) is 105 cm³/mol. The maximum atomic E-state index is 11.2. The summed E-state index contributed by atoms with van der Waals surface area (Å²) in [5, 5.41) is 7.93. The third kappa shape index (κ3) is 4.68. The number of rotatable bonds is 7. The molecule has 0 spiro atoms. The van der Waals surface area contributed by atoms with Crippen LogP contribution in [0.4, 0.5) is 11.6 Å². The Morgan fingerprint density at radius 2 is 2.12 bits per heavy atom. The SMILES string of the molecule is CC(=O)Nc1cccc(Oc2nc(NCCN(C)C)nc3ccsc23)c1. The van der Waals surface area contributed by atoms with Crippen LogP contribution in [0.15, 0.2) is 35.7 Å². The van der Waals surface area contributed by atoms with E-state index in [1.54, 1.807) is 6.07 Å². The number of carbonyl (C=O) groups excluding carboxylic acids is 1. The minimum absolute atomic E-state index is 0.128. The summed E-state index contributed by atoms with van der Waals surface area (Å²) in [6, 6.07) is 9.17. The summed E-state index contributed by atoms with van der Waals surface area (Å²) in [6.45, 7) is 3.08. The van der Waals surface area contributed by atoms with Gasteiger partial charge in [-0.3, -0.25) is 4.79 Å². The van der Waals surface area contributed by atoms with Gasteiger partial charge in [0.25, 0.3) is 0 Å². The molecule has 0 aliphatic carbocycles. The highest BCUT2D eigenvalue weighted by Gasteiger charge is 2.12. The van der Waals surface area contributed by atoms with Gasteiger partial charge in [-0.2, -0.15) is 4.98 Å². The van der Waals surface area contributed by atoms with Crippen LogP contribution in [0.25, 0.3) is 10.2 Å². The second-order valence-electron chi connectivity index (χ2n) is 6.03. The van der Waals surface area contributed by atoms with Crippen molar-refractivity contribution in [1.29, 1.82) is 0 Å². The molecule has 0 saturated heterocycles. The van der Waals surface area contributed by atoms with Gasteiger partial charge in [-0.05, 0) is 37.7 Å². The molecule has 0 saturated carbocycles. The van der Waals surface area contributed by atoms with Gasteiger partial charge in [0.15, 0.2) is 0 Å². The number of fused-ring (bicyclic) bond motifs is 1.